The van der Waals surface area contributed by atoms with Crippen LogP contribution in [0.5, 0.6) is 0 Å². The smallest absolute Gasteiger partial charge is 0.329 e. The molecule has 0 aromatic carbocycles. The largest absolute Gasteiger partial charge is 0.499 e. The molecule has 17 heavy (non-hydrogen) atoms. The number of methoxy groups -OCH3 is 2. The Morgan fingerprint density at radius 1 is 1.41 bits per heavy atom. The van der Waals surface area contributed by atoms with E-state index >= 15 is 0 Å². The molecule has 0 fully saturated rings. The van der Waals surface area contributed by atoms with E-state index in [1.165, 1.54) is 20.5 Å². The zero-order chi connectivity index (χ0) is 13.7. The summed E-state index contributed by atoms with van der Waals surface area (Å²) < 4.78 is 13.4. The quantitative estimate of drug-likeness (QED) is 0.302. The molecule has 0 heterocycles. The van der Waals surface area contributed by atoms with Gasteiger partial charge in [0, 0.05) is 13.2 Å². The van der Waals surface area contributed by atoms with Crippen molar-refractivity contribution in [1.29, 1.82) is 0 Å². The van der Waals surface area contributed by atoms with Crippen molar-refractivity contribution in [3.8, 4) is 0 Å². The molecule has 2 N–H and O–H groups in total. The first-order valence-electron chi connectivity index (χ1n) is 4.85. The van der Waals surface area contributed by atoms with Crippen LogP contribution in [0.3, 0.4) is 0 Å². The highest BCUT2D eigenvalue weighted by atomic mass is 16.6. The molecule has 0 saturated carbocycles. The number of allylic oxidation sites excluding steroid dienone is 1. The van der Waals surface area contributed by atoms with Gasteiger partial charge >= 0.3 is 5.97 Å². The zero-order valence-corrected chi connectivity index (χ0v) is 10.3. The van der Waals surface area contributed by atoms with Gasteiger partial charge in [-0.1, -0.05) is 12.7 Å². The van der Waals surface area contributed by atoms with Gasteiger partial charge in [-0.2, -0.15) is 0 Å². The third-order valence-electron chi connectivity index (χ3n) is 1.44. The summed E-state index contributed by atoms with van der Waals surface area (Å²) in [5, 5.41) is 17.9. The lowest BCUT2D eigenvalue weighted by Gasteiger charge is -2.14. The normalized spacial score (nSPS) is 13.2. The minimum Gasteiger partial charge on any atom is -0.499 e. The average Bonchev–Trinajstić information content (AvgIpc) is 2.37. The summed E-state index contributed by atoms with van der Waals surface area (Å²) in [5.74, 6) is -0.394. The highest BCUT2D eigenvalue weighted by Gasteiger charge is 2.14. The molecule has 0 aromatic rings. The summed E-state index contributed by atoms with van der Waals surface area (Å²) >= 11 is 0. The van der Waals surface area contributed by atoms with Gasteiger partial charge in [-0.3, -0.25) is 0 Å². The standard InChI is InChI=1S/C7H14O4.C4H6O2/c1-3-4-11-5-6(8)7(9)10-2;1-3-4(5)6-2/h3-4,6-9H,5H2,1-2H3;3H,1H2,2H3. The maximum Gasteiger partial charge on any atom is 0.329 e. The Morgan fingerprint density at radius 3 is 2.29 bits per heavy atom. The van der Waals surface area contributed by atoms with Gasteiger partial charge in [0.1, 0.15) is 12.7 Å². The first-order chi connectivity index (χ1) is 8.03. The first kappa shape index (κ1) is 18.0. The molecular weight excluding hydrogens is 228 g/mol. The summed E-state index contributed by atoms with van der Waals surface area (Å²) in [5.41, 5.74) is 0. The topological polar surface area (TPSA) is 85.2 Å². The second-order valence-corrected chi connectivity index (χ2v) is 2.72. The Balaban J connectivity index is 0. The van der Waals surface area contributed by atoms with Crippen molar-refractivity contribution >= 4 is 5.97 Å². The SMILES string of the molecule is C=CC(=O)OC.CC=COCC(O)C(O)OC. The molecule has 100 valence electrons. The molecule has 6 nitrogen and oxygen atoms in total. The molecule has 0 aliphatic heterocycles. The van der Waals surface area contributed by atoms with Gasteiger partial charge in [-0.15, -0.1) is 0 Å². The van der Waals surface area contributed by atoms with E-state index in [0.717, 1.165) is 6.08 Å². The molecule has 0 radical (unpaired) electrons. The second-order valence-electron chi connectivity index (χ2n) is 2.72. The van der Waals surface area contributed by atoms with E-state index in [9.17, 15) is 4.79 Å². The van der Waals surface area contributed by atoms with E-state index in [4.69, 9.17) is 14.9 Å². The number of aliphatic hydroxyl groups is 2. The molecule has 0 saturated heterocycles. The van der Waals surface area contributed by atoms with Crippen molar-refractivity contribution in [2.75, 3.05) is 20.8 Å². The van der Waals surface area contributed by atoms with Crippen molar-refractivity contribution in [2.24, 2.45) is 0 Å². The van der Waals surface area contributed by atoms with Crippen molar-refractivity contribution < 1.29 is 29.2 Å². The van der Waals surface area contributed by atoms with Crippen LogP contribution in [0.1, 0.15) is 6.92 Å². The zero-order valence-electron chi connectivity index (χ0n) is 10.3. The number of aliphatic hydroxyl groups excluding tert-OH is 2. The molecule has 0 aliphatic carbocycles. The summed E-state index contributed by atoms with van der Waals surface area (Å²) in [7, 11) is 2.62. The molecule has 0 bridgehead atoms. The maximum absolute atomic E-state index is 9.84. The molecule has 0 aromatic heterocycles. The predicted molar refractivity (Wildman–Crippen MR) is 62.0 cm³/mol. The van der Waals surface area contributed by atoms with Crippen molar-refractivity contribution in [3.05, 3.63) is 25.0 Å². The highest BCUT2D eigenvalue weighted by molar-refractivity contribution is 5.80. The van der Waals surface area contributed by atoms with Gasteiger partial charge in [0.25, 0.3) is 0 Å². The third kappa shape index (κ3) is 12.6. The maximum atomic E-state index is 9.84. The fraction of sp³-hybridized carbons (Fsp3) is 0.545. The van der Waals surface area contributed by atoms with Crippen LogP contribution < -0.4 is 0 Å². The molecule has 2 unspecified atom stereocenters. The number of esters is 1. The molecule has 0 aliphatic rings. The number of rotatable bonds is 6. The van der Waals surface area contributed by atoms with E-state index in [0.29, 0.717) is 0 Å². The predicted octanol–water partition coefficient (Wildman–Crippen LogP) is 0.208. The molecular formula is C11H20O6. The van der Waals surface area contributed by atoms with Crippen LogP contribution in [0.15, 0.2) is 25.0 Å². The molecule has 6 heteroatoms. The van der Waals surface area contributed by atoms with Gasteiger partial charge in [-0.25, -0.2) is 4.79 Å². The van der Waals surface area contributed by atoms with Gasteiger partial charge in [0.05, 0.1) is 13.4 Å². The van der Waals surface area contributed by atoms with Crippen molar-refractivity contribution in [2.45, 2.75) is 19.3 Å². The number of carbonyl (C=O) groups excluding carboxylic acids is 1. The van der Waals surface area contributed by atoms with Gasteiger partial charge < -0.3 is 24.4 Å². The van der Waals surface area contributed by atoms with Crippen LogP contribution in [0.4, 0.5) is 0 Å². The van der Waals surface area contributed by atoms with E-state index in [1.807, 2.05) is 0 Å². The molecule has 0 amide bonds. The molecule has 0 rings (SSSR count). The van der Waals surface area contributed by atoms with Crippen molar-refractivity contribution in [1.82, 2.24) is 0 Å². The van der Waals surface area contributed by atoms with E-state index in [-0.39, 0.29) is 6.61 Å². The Hall–Kier alpha value is -1.37. The summed E-state index contributed by atoms with van der Waals surface area (Å²) in [4.78, 5) is 9.84. The fourth-order valence-electron chi connectivity index (χ4n) is 0.573. The van der Waals surface area contributed by atoms with Gasteiger partial charge in [-0.05, 0) is 6.92 Å². The molecule has 0 spiro atoms. The average molecular weight is 248 g/mol. The summed E-state index contributed by atoms with van der Waals surface area (Å²) in [6, 6.07) is 0. The second kappa shape index (κ2) is 12.7. The monoisotopic (exact) mass is 248 g/mol. The highest BCUT2D eigenvalue weighted by Crippen LogP contribution is 1.94. The van der Waals surface area contributed by atoms with Gasteiger partial charge in [0.2, 0.25) is 0 Å². The van der Waals surface area contributed by atoms with E-state index in [1.54, 1.807) is 13.0 Å². The lowest BCUT2D eigenvalue weighted by atomic mass is 10.4. The van der Waals surface area contributed by atoms with Crippen LogP contribution in [0.2, 0.25) is 0 Å². The van der Waals surface area contributed by atoms with Crippen LogP contribution in [-0.4, -0.2) is 49.4 Å². The minimum absolute atomic E-state index is 0.0271. The summed E-state index contributed by atoms with van der Waals surface area (Å²) in [6.07, 6.45) is 2.05. The van der Waals surface area contributed by atoms with E-state index in [2.05, 4.69) is 16.1 Å². The third-order valence-corrected chi connectivity index (χ3v) is 1.44. The van der Waals surface area contributed by atoms with E-state index < -0.39 is 18.4 Å². The lowest BCUT2D eigenvalue weighted by Crippen LogP contribution is -2.31. The van der Waals surface area contributed by atoms with Crippen LogP contribution in [0, 0.1) is 0 Å². The number of hydrogen-bond donors (Lipinski definition) is 2. The summed E-state index contributed by atoms with van der Waals surface area (Å²) in [6.45, 7) is 4.97. The van der Waals surface area contributed by atoms with Crippen molar-refractivity contribution in [3.63, 3.8) is 0 Å². The Kier molecular flexibility index (Phi) is 13.5. The fourth-order valence-corrected chi connectivity index (χ4v) is 0.573. The molecule has 2 atom stereocenters. The van der Waals surface area contributed by atoms with Crippen LogP contribution in [0.25, 0.3) is 0 Å². The Bertz CT molecular complexity index is 226. The first-order valence-corrected chi connectivity index (χ1v) is 4.85. The van der Waals surface area contributed by atoms with Gasteiger partial charge in [0.15, 0.2) is 6.29 Å². The number of ether oxygens (including phenoxy) is 3. The van der Waals surface area contributed by atoms with Crippen LogP contribution in [-0.2, 0) is 19.0 Å². The van der Waals surface area contributed by atoms with Crippen LogP contribution >= 0.6 is 0 Å². The lowest BCUT2D eigenvalue weighted by molar-refractivity contribution is -0.155. The Morgan fingerprint density at radius 2 is 2.00 bits per heavy atom. The number of hydrogen-bond acceptors (Lipinski definition) is 6. The number of carbonyl (C=O) groups is 1. The minimum atomic E-state index is -1.18. The Labute approximate surface area is 101 Å².